The number of carboxylic acid groups (broad SMARTS) is 1. The van der Waals surface area contributed by atoms with Gasteiger partial charge in [-0.3, -0.25) is 4.98 Å². The monoisotopic (exact) mass is 273 g/mol. The van der Waals surface area contributed by atoms with E-state index in [0.717, 1.165) is 11.4 Å². The molecule has 0 unspecified atom stereocenters. The Morgan fingerprint density at radius 2 is 1.95 bits per heavy atom. The number of aromatic carboxylic acids is 1. The minimum absolute atomic E-state index is 0.102. The van der Waals surface area contributed by atoms with Crippen molar-refractivity contribution in [3.05, 3.63) is 42.4 Å². The molecule has 1 aromatic heterocycles. The molecule has 0 fully saturated rings. The molecular formula is C14H15N3O3. The summed E-state index contributed by atoms with van der Waals surface area (Å²) in [5.41, 5.74) is 0.674. The number of benzene rings is 1. The third-order valence-corrected chi connectivity index (χ3v) is 2.35. The van der Waals surface area contributed by atoms with Crippen LogP contribution >= 0.6 is 0 Å². The van der Waals surface area contributed by atoms with E-state index in [1.165, 1.54) is 12.4 Å². The Morgan fingerprint density at radius 3 is 2.55 bits per heavy atom. The van der Waals surface area contributed by atoms with E-state index in [1.807, 2.05) is 38.1 Å². The van der Waals surface area contributed by atoms with Crippen molar-refractivity contribution in [1.82, 2.24) is 9.97 Å². The highest BCUT2D eigenvalue weighted by Gasteiger charge is 2.06. The van der Waals surface area contributed by atoms with E-state index in [1.54, 1.807) is 0 Å². The molecule has 0 bridgehead atoms. The van der Waals surface area contributed by atoms with Crippen molar-refractivity contribution in [2.45, 2.75) is 20.0 Å². The smallest absolute Gasteiger partial charge is 0.356 e. The van der Waals surface area contributed by atoms with Crippen LogP contribution in [0, 0.1) is 0 Å². The lowest BCUT2D eigenvalue weighted by atomic mass is 10.3. The van der Waals surface area contributed by atoms with Gasteiger partial charge >= 0.3 is 5.97 Å². The second kappa shape index (κ2) is 6.01. The van der Waals surface area contributed by atoms with Gasteiger partial charge in [-0.25, -0.2) is 9.78 Å². The van der Waals surface area contributed by atoms with Gasteiger partial charge in [-0.2, -0.15) is 0 Å². The topological polar surface area (TPSA) is 84.3 Å². The van der Waals surface area contributed by atoms with E-state index in [4.69, 9.17) is 9.84 Å². The highest BCUT2D eigenvalue weighted by Crippen LogP contribution is 2.19. The quantitative estimate of drug-likeness (QED) is 0.871. The van der Waals surface area contributed by atoms with Crippen LogP contribution in [0.5, 0.6) is 5.75 Å². The van der Waals surface area contributed by atoms with Crippen LogP contribution in [-0.2, 0) is 0 Å². The van der Waals surface area contributed by atoms with Crippen LogP contribution in [0.2, 0.25) is 0 Å². The summed E-state index contributed by atoms with van der Waals surface area (Å²) in [6, 6.07) is 7.31. The number of aromatic nitrogens is 2. The van der Waals surface area contributed by atoms with Crippen molar-refractivity contribution in [3.63, 3.8) is 0 Å². The number of carbonyl (C=O) groups is 1. The SMILES string of the molecule is CC(C)Oc1ccc(Nc2cncc(C(=O)O)n2)cc1. The first-order valence-corrected chi connectivity index (χ1v) is 6.13. The second-order valence-electron chi connectivity index (χ2n) is 4.41. The Morgan fingerprint density at radius 1 is 1.25 bits per heavy atom. The molecule has 104 valence electrons. The van der Waals surface area contributed by atoms with Gasteiger partial charge in [-0.15, -0.1) is 0 Å². The summed E-state index contributed by atoms with van der Waals surface area (Å²) in [6.45, 7) is 3.91. The molecule has 1 heterocycles. The molecule has 2 N–H and O–H groups in total. The van der Waals surface area contributed by atoms with Crippen molar-refractivity contribution in [2.75, 3.05) is 5.32 Å². The summed E-state index contributed by atoms with van der Waals surface area (Å²) in [5.74, 6) is 0.0418. The number of anilines is 2. The zero-order valence-electron chi connectivity index (χ0n) is 11.2. The summed E-state index contributed by atoms with van der Waals surface area (Å²) < 4.78 is 5.54. The minimum atomic E-state index is -1.11. The number of nitrogens with one attached hydrogen (secondary N) is 1. The lowest BCUT2D eigenvalue weighted by molar-refractivity contribution is 0.0690. The standard InChI is InChI=1S/C14H15N3O3/c1-9(2)20-11-5-3-10(4-6-11)16-13-8-15-7-12(17-13)14(18)19/h3-9H,1-2H3,(H,16,17)(H,18,19). The van der Waals surface area contributed by atoms with E-state index in [2.05, 4.69) is 15.3 Å². The molecule has 0 spiro atoms. The van der Waals surface area contributed by atoms with Gasteiger partial charge < -0.3 is 15.2 Å². The molecule has 2 rings (SSSR count). The molecule has 0 amide bonds. The summed E-state index contributed by atoms with van der Waals surface area (Å²) in [4.78, 5) is 18.6. The van der Waals surface area contributed by atoms with Gasteiger partial charge in [-0.05, 0) is 38.1 Å². The summed E-state index contributed by atoms with van der Waals surface area (Å²) in [5, 5.41) is 11.8. The Labute approximate surface area is 116 Å². The Bertz CT molecular complexity index is 597. The second-order valence-corrected chi connectivity index (χ2v) is 4.41. The van der Waals surface area contributed by atoms with E-state index in [-0.39, 0.29) is 11.8 Å². The predicted octanol–water partition coefficient (Wildman–Crippen LogP) is 2.71. The van der Waals surface area contributed by atoms with Crippen LogP contribution in [0.4, 0.5) is 11.5 Å². The molecule has 0 atom stereocenters. The van der Waals surface area contributed by atoms with Crippen molar-refractivity contribution in [3.8, 4) is 5.75 Å². The van der Waals surface area contributed by atoms with Crippen LogP contribution in [0.15, 0.2) is 36.7 Å². The summed E-state index contributed by atoms with van der Waals surface area (Å²) in [6.07, 6.45) is 2.78. The van der Waals surface area contributed by atoms with Crippen LogP contribution < -0.4 is 10.1 Å². The molecule has 0 saturated heterocycles. The van der Waals surface area contributed by atoms with Crippen LogP contribution in [0.1, 0.15) is 24.3 Å². The van der Waals surface area contributed by atoms with Crippen molar-refractivity contribution in [1.29, 1.82) is 0 Å². The highest BCUT2D eigenvalue weighted by atomic mass is 16.5. The lowest BCUT2D eigenvalue weighted by Gasteiger charge is -2.10. The van der Waals surface area contributed by atoms with Gasteiger partial charge in [-0.1, -0.05) is 0 Å². The Kier molecular flexibility index (Phi) is 4.14. The Hall–Kier alpha value is -2.63. The van der Waals surface area contributed by atoms with Crippen LogP contribution in [0.25, 0.3) is 0 Å². The Balaban J connectivity index is 2.10. The molecule has 20 heavy (non-hydrogen) atoms. The summed E-state index contributed by atoms with van der Waals surface area (Å²) in [7, 11) is 0. The fraction of sp³-hybridized carbons (Fsp3) is 0.214. The maximum atomic E-state index is 10.8. The molecule has 0 aliphatic heterocycles. The molecule has 6 nitrogen and oxygen atoms in total. The van der Waals surface area contributed by atoms with Gasteiger partial charge in [0.25, 0.3) is 0 Å². The van der Waals surface area contributed by atoms with E-state index < -0.39 is 5.97 Å². The number of hydrogen-bond acceptors (Lipinski definition) is 5. The fourth-order valence-corrected chi connectivity index (χ4v) is 1.57. The fourth-order valence-electron chi connectivity index (χ4n) is 1.57. The minimum Gasteiger partial charge on any atom is -0.491 e. The lowest BCUT2D eigenvalue weighted by Crippen LogP contribution is -2.05. The molecule has 2 aromatic rings. The highest BCUT2D eigenvalue weighted by molar-refractivity contribution is 5.85. The van der Waals surface area contributed by atoms with Crippen molar-refractivity contribution in [2.24, 2.45) is 0 Å². The molecule has 1 aromatic carbocycles. The summed E-state index contributed by atoms with van der Waals surface area (Å²) >= 11 is 0. The third-order valence-electron chi connectivity index (χ3n) is 2.35. The third kappa shape index (κ3) is 3.68. The van der Waals surface area contributed by atoms with E-state index >= 15 is 0 Å². The van der Waals surface area contributed by atoms with Gasteiger partial charge in [0.05, 0.1) is 18.5 Å². The molecular weight excluding hydrogens is 258 g/mol. The largest absolute Gasteiger partial charge is 0.491 e. The average Bonchev–Trinajstić information content (AvgIpc) is 2.41. The van der Waals surface area contributed by atoms with E-state index in [0.29, 0.717) is 5.82 Å². The number of rotatable bonds is 5. The number of carboxylic acids is 1. The molecule has 0 aliphatic rings. The predicted molar refractivity (Wildman–Crippen MR) is 74.5 cm³/mol. The normalized spacial score (nSPS) is 10.3. The van der Waals surface area contributed by atoms with E-state index in [9.17, 15) is 4.79 Å². The van der Waals surface area contributed by atoms with Gasteiger partial charge in [0.15, 0.2) is 5.69 Å². The van der Waals surface area contributed by atoms with Crippen molar-refractivity contribution >= 4 is 17.5 Å². The zero-order chi connectivity index (χ0) is 14.5. The molecule has 0 radical (unpaired) electrons. The van der Waals surface area contributed by atoms with Crippen LogP contribution in [0.3, 0.4) is 0 Å². The van der Waals surface area contributed by atoms with Gasteiger partial charge in [0.1, 0.15) is 11.6 Å². The first-order valence-electron chi connectivity index (χ1n) is 6.13. The maximum absolute atomic E-state index is 10.8. The van der Waals surface area contributed by atoms with Crippen molar-refractivity contribution < 1.29 is 14.6 Å². The molecule has 0 aliphatic carbocycles. The van der Waals surface area contributed by atoms with Crippen LogP contribution in [-0.4, -0.2) is 27.1 Å². The number of nitrogens with zero attached hydrogens (tertiary/aromatic N) is 2. The zero-order valence-corrected chi connectivity index (χ0v) is 11.2. The first-order chi connectivity index (χ1) is 9.54. The maximum Gasteiger partial charge on any atom is 0.356 e. The number of hydrogen-bond donors (Lipinski definition) is 2. The molecule has 6 heteroatoms. The molecule has 0 saturated carbocycles. The first kappa shape index (κ1) is 13.8. The number of ether oxygens (including phenoxy) is 1. The van der Waals surface area contributed by atoms with Gasteiger partial charge in [0, 0.05) is 5.69 Å². The van der Waals surface area contributed by atoms with Gasteiger partial charge in [0.2, 0.25) is 0 Å². The average molecular weight is 273 g/mol.